The Balaban J connectivity index is 0.000000524. The van der Waals surface area contributed by atoms with Crippen LogP contribution in [-0.2, 0) is 41.7 Å². The third-order valence-corrected chi connectivity index (χ3v) is 8.12. The maximum atomic E-state index is 12.6. The molecule has 0 saturated heterocycles. The van der Waals surface area contributed by atoms with E-state index in [-0.39, 0.29) is 13.0 Å². The molecule has 0 radical (unpaired) electrons. The molecule has 0 fully saturated rings. The van der Waals surface area contributed by atoms with Gasteiger partial charge in [-0.2, -0.15) is 0 Å². The number of carboxylic acids is 2. The molecule has 0 amide bonds. The van der Waals surface area contributed by atoms with Crippen LogP contribution in [0, 0.1) is 16.7 Å². The van der Waals surface area contributed by atoms with Gasteiger partial charge in [-0.05, 0) is 50.2 Å². The number of hydrogen-bond acceptors (Lipinski definition) is 6. The molecule has 47 heavy (non-hydrogen) atoms. The summed E-state index contributed by atoms with van der Waals surface area (Å²) in [5.74, 6) is -4.40. The predicted molar refractivity (Wildman–Crippen MR) is 185 cm³/mol. The van der Waals surface area contributed by atoms with E-state index in [0.29, 0.717) is 12.0 Å². The SMILES string of the molecule is CC(C)(C)C(Cc1ccccc1)(C(=O)O)C(=O)O.CCCCCCCCCCCC(C(=O)OCc1ccccc1)C(=O)OC(C)(C)C. The van der Waals surface area contributed by atoms with Gasteiger partial charge in [0.1, 0.15) is 12.2 Å². The van der Waals surface area contributed by atoms with Gasteiger partial charge >= 0.3 is 23.9 Å². The van der Waals surface area contributed by atoms with E-state index in [0.717, 1.165) is 24.8 Å². The van der Waals surface area contributed by atoms with Gasteiger partial charge in [0.25, 0.3) is 0 Å². The van der Waals surface area contributed by atoms with Gasteiger partial charge in [0.2, 0.25) is 0 Å². The molecule has 0 aliphatic heterocycles. The molecule has 2 N–H and O–H groups in total. The third kappa shape index (κ3) is 15.2. The Kier molecular flexibility index (Phi) is 18.1. The minimum Gasteiger partial charge on any atom is -0.480 e. The number of benzene rings is 2. The molecule has 1 atom stereocenters. The average molecular weight is 655 g/mol. The lowest BCUT2D eigenvalue weighted by molar-refractivity contribution is -0.174. The van der Waals surface area contributed by atoms with Crippen molar-refractivity contribution in [3.8, 4) is 0 Å². The van der Waals surface area contributed by atoms with Crippen LogP contribution in [-0.4, -0.2) is 39.7 Å². The largest absolute Gasteiger partial charge is 0.480 e. The van der Waals surface area contributed by atoms with Crippen LogP contribution in [0.1, 0.15) is 124 Å². The number of carbonyl (C=O) groups excluding carboxylic acids is 2. The molecule has 2 aromatic rings. The van der Waals surface area contributed by atoms with Crippen molar-refractivity contribution in [1.29, 1.82) is 0 Å². The summed E-state index contributed by atoms with van der Waals surface area (Å²) in [4.78, 5) is 48.2. The van der Waals surface area contributed by atoms with Crippen LogP contribution in [0.25, 0.3) is 0 Å². The Hall–Kier alpha value is -3.68. The molecular formula is C39H58O8. The normalized spacial score (nSPS) is 12.3. The van der Waals surface area contributed by atoms with Crippen molar-refractivity contribution in [2.45, 2.75) is 131 Å². The van der Waals surface area contributed by atoms with E-state index >= 15 is 0 Å². The highest BCUT2D eigenvalue weighted by atomic mass is 16.6. The molecule has 262 valence electrons. The summed E-state index contributed by atoms with van der Waals surface area (Å²) >= 11 is 0. The Morgan fingerprint density at radius 2 is 1.09 bits per heavy atom. The van der Waals surface area contributed by atoms with E-state index in [2.05, 4.69) is 6.92 Å². The number of aliphatic carboxylic acids is 2. The molecule has 0 aromatic heterocycles. The van der Waals surface area contributed by atoms with Crippen molar-refractivity contribution in [1.82, 2.24) is 0 Å². The van der Waals surface area contributed by atoms with Gasteiger partial charge in [-0.3, -0.25) is 19.2 Å². The molecule has 0 bridgehead atoms. The second-order valence-electron chi connectivity index (χ2n) is 14.2. The van der Waals surface area contributed by atoms with Crippen LogP contribution in [0.5, 0.6) is 0 Å². The van der Waals surface area contributed by atoms with Gasteiger partial charge in [-0.1, -0.05) is 146 Å². The summed E-state index contributed by atoms with van der Waals surface area (Å²) in [7, 11) is 0. The van der Waals surface area contributed by atoms with E-state index in [1.165, 1.54) is 38.5 Å². The number of ether oxygens (including phenoxy) is 2. The van der Waals surface area contributed by atoms with Crippen LogP contribution in [0.15, 0.2) is 60.7 Å². The highest BCUT2D eigenvalue weighted by molar-refractivity contribution is 5.99. The topological polar surface area (TPSA) is 127 Å². The van der Waals surface area contributed by atoms with Crippen molar-refractivity contribution in [2.24, 2.45) is 16.7 Å². The first-order chi connectivity index (χ1) is 22.0. The Morgan fingerprint density at radius 3 is 1.51 bits per heavy atom. The maximum Gasteiger partial charge on any atom is 0.321 e. The van der Waals surface area contributed by atoms with E-state index in [4.69, 9.17) is 9.47 Å². The first-order valence-corrected chi connectivity index (χ1v) is 17.0. The van der Waals surface area contributed by atoms with E-state index in [1.807, 2.05) is 57.2 Å². The number of esters is 2. The predicted octanol–water partition coefficient (Wildman–Crippen LogP) is 9.04. The van der Waals surface area contributed by atoms with Gasteiger partial charge in [-0.15, -0.1) is 0 Å². The first kappa shape index (κ1) is 41.3. The zero-order chi connectivity index (χ0) is 35.5. The standard InChI is InChI=1S/C25H40O4.C14H18O4/c1-5-6-7-8-9-10-11-12-16-19-22(24(27)29-25(2,3)4)23(26)28-20-21-17-14-13-15-18-21;1-13(2,3)14(11(15)16,12(17)18)9-10-7-5-4-6-8-10/h13-15,17-18,22H,5-12,16,19-20H2,1-4H3;4-8H,9H2,1-3H3,(H,15,16)(H,17,18). The summed E-state index contributed by atoms with van der Waals surface area (Å²) in [5, 5.41) is 18.8. The van der Waals surface area contributed by atoms with E-state index in [1.54, 1.807) is 45.0 Å². The molecule has 2 aromatic carbocycles. The second kappa shape index (κ2) is 20.5. The fourth-order valence-electron chi connectivity index (χ4n) is 5.24. The van der Waals surface area contributed by atoms with E-state index in [9.17, 15) is 29.4 Å². The van der Waals surface area contributed by atoms with Crippen molar-refractivity contribution in [3.63, 3.8) is 0 Å². The number of hydrogen-bond donors (Lipinski definition) is 2. The number of carboxylic acid groups (broad SMARTS) is 2. The maximum absolute atomic E-state index is 12.6. The van der Waals surface area contributed by atoms with E-state index < -0.39 is 46.2 Å². The third-order valence-electron chi connectivity index (χ3n) is 8.12. The highest BCUT2D eigenvalue weighted by Crippen LogP contribution is 2.42. The minimum atomic E-state index is -1.83. The minimum absolute atomic E-state index is 0.0258. The van der Waals surface area contributed by atoms with Crippen molar-refractivity contribution < 1.29 is 38.9 Å². The van der Waals surface area contributed by atoms with Gasteiger partial charge in [0.05, 0.1) is 0 Å². The number of rotatable bonds is 18. The van der Waals surface area contributed by atoms with Gasteiger partial charge in [-0.25, -0.2) is 0 Å². The molecule has 0 aliphatic carbocycles. The van der Waals surface area contributed by atoms with Crippen molar-refractivity contribution >= 4 is 23.9 Å². The zero-order valence-electron chi connectivity index (χ0n) is 29.7. The van der Waals surface area contributed by atoms with Crippen LogP contribution < -0.4 is 0 Å². The molecular weight excluding hydrogens is 596 g/mol. The van der Waals surface area contributed by atoms with Gasteiger partial charge in [0, 0.05) is 0 Å². The summed E-state index contributed by atoms with van der Waals surface area (Å²) < 4.78 is 10.9. The van der Waals surface area contributed by atoms with Crippen molar-refractivity contribution in [3.05, 3.63) is 71.8 Å². The van der Waals surface area contributed by atoms with Crippen molar-refractivity contribution in [2.75, 3.05) is 0 Å². The Morgan fingerprint density at radius 1 is 0.638 bits per heavy atom. The lowest BCUT2D eigenvalue weighted by Gasteiger charge is -2.37. The van der Waals surface area contributed by atoms with Gasteiger partial charge < -0.3 is 19.7 Å². The lowest BCUT2D eigenvalue weighted by atomic mass is 9.63. The van der Waals surface area contributed by atoms with Crippen LogP contribution in [0.3, 0.4) is 0 Å². The van der Waals surface area contributed by atoms with Gasteiger partial charge in [0.15, 0.2) is 11.3 Å². The smallest absolute Gasteiger partial charge is 0.321 e. The second-order valence-corrected chi connectivity index (χ2v) is 14.2. The molecule has 0 heterocycles. The first-order valence-electron chi connectivity index (χ1n) is 17.0. The number of carbonyl (C=O) groups is 4. The molecule has 8 heteroatoms. The molecule has 1 unspecified atom stereocenters. The Labute approximate surface area is 282 Å². The average Bonchev–Trinajstić information content (AvgIpc) is 2.99. The molecule has 2 rings (SSSR count). The molecule has 0 spiro atoms. The molecule has 8 nitrogen and oxygen atoms in total. The summed E-state index contributed by atoms with van der Waals surface area (Å²) in [5.41, 5.74) is -1.72. The highest BCUT2D eigenvalue weighted by Gasteiger charge is 2.55. The summed E-state index contributed by atoms with van der Waals surface area (Å²) in [6, 6.07) is 18.3. The van der Waals surface area contributed by atoms with Crippen LogP contribution >= 0.6 is 0 Å². The lowest BCUT2D eigenvalue weighted by Crippen LogP contribution is -2.51. The van der Waals surface area contributed by atoms with Crippen LogP contribution in [0.2, 0.25) is 0 Å². The Bertz CT molecular complexity index is 1200. The summed E-state index contributed by atoms with van der Waals surface area (Å²) in [6.45, 7) is 12.8. The quantitative estimate of drug-likeness (QED) is 0.0926. The zero-order valence-corrected chi connectivity index (χ0v) is 29.7. The monoisotopic (exact) mass is 654 g/mol. The fourth-order valence-corrected chi connectivity index (χ4v) is 5.24. The molecule has 0 saturated carbocycles. The number of unbranched alkanes of at least 4 members (excludes halogenated alkanes) is 8. The van der Waals surface area contributed by atoms with Crippen LogP contribution in [0.4, 0.5) is 0 Å². The molecule has 0 aliphatic rings. The summed E-state index contributed by atoms with van der Waals surface area (Å²) in [6.07, 6.45) is 11.2. The fraction of sp³-hybridized carbons (Fsp3) is 0.590.